The summed E-state index contributed by atoms with van der Waals surface area (Å²) in [7, 11) is 1.91. The minimum absolute atomic E-state index is 0.111. The van der Waals surface area contributed by atoms with Crippen molar-refractivity contribution in [1.82, 2.24) is 9.78 Å². The summed E-state index contributed by atoms with van der Waals surface area (Å²) >= 11 is 0. The van der Waals surface area contributed by atoms with Crippen LogP contribution in [-0.2, 0) is 11.8 Å². The molecule has 39 heavy (non-hydrogen) atoms. The highest BCUT2D eigenvalue weighted by atomic mass is 16.6. The van der Waals surface area contributed by atoms with Crippen LogP contribution in [-0.4, -0.2) is 21.4 Å². The fourth-order valence-corrected chi connectivity index (χ4v) is 4.92. The topological polar surface area (TPSA) is 86.4 Å². The molecule has 1 atom stereocenters. The average Bonchev–Trinajstić information content (AvgIpc) is 3.15. The highest BCUT2D eigenvalue weighted by Crippen LogP contribution is 2.33. The number of fused-ring (bicyclic) bond motifs is 2. The Hall–Kier alpha value is -4.39. The molecule has 5 rings (SSSR count). The molecule has 0 aliphatic heterocycles. The Balaban J connectivity index is 1.58. The van der Waals surface area contributed by atoms with E-state index in [0.717, 1.165) is 33.3 Å². The summed E-state index contributed by atoms with van der Waals surface area (Å²) in [5.74, 6) is 0.0888. The predicted molar refractivity (Wildman–Crippen MR) is 155 cm³/mol. The van der Waals surface area contributed by atoms with Crippen molar-refractivity contribution in [2.45, 2.75) is 53.2 Å². The fraction of sp³-hybridized carbons (Fsp3) is 0.281. The van der Waals surface area contributed by atoms with Gasteiger partial charge in [-0.05, 0) is 83.5 Å². The molecule has 0 saturated heterocycles. The summed E-state index contributed by atoms with van der Waals surface area (Å²) in [6.07, 6.45) is 0. The van der Waals surface area contributed by atoms with Crippen LogP contribution in [0.1, 0.15) is 60.9 Å². The van der Waals surface area contributed by atoms with Crippen LogP contribution in [0.15, 0.2) is 69.9 Å². The predicted octanol–water partition coefficient (Wildman–Crippen LogP) is 7.09. The van der Waals surface area contributed by atoms with Crippen molar-refractivity contribution in [3.63, 3.8) is 0 Å². The van der Waals surface area contributed by atoms with Crippen molar-refractivity contribution >= 4 is 33.5 Å². The van der Waals surface area contributed by atoms with E-state index in [1.165, 1.54) is 0 Å². The number of nitrogens with one attached hydrogen (secondary N) is 1. The van der Waals surface area contributed by atoms with Gasteiger partial charge in [-0.1, -0.05) is 18.2 Å². The van der Waals surface area contributed by atoms with Gasteiger partial charge in [0.25, 0.3) is 0 Å². The van der Waals surface area contributed by atoms with Crippen LogP contribution < -0.4 is 10.7 Å². The lowest BCUT2D eigenvalue weighted by Gasteiger charge is -2.22. The number of rotatable bonds is 5. The molecule has 7 nitrogen and oxygen atoms in total. The third kappa shape index (κ3) is 5.17. The van der Waals surface area contributed by atoms with Crippen molar-refractivity contribution in [2.75, 3.05) is 5.32 Å². The SMILES string of the molecule is Cc1cc(C(C)Nc2ccccc2C(=O)OC(C)(C)C)c2oc(-c3ccc4c(c3)c(C)nn4C)cc(=O)c2c1. The first kappa shape index (κ1) is 26.2. The first-order valence-electron chi connectivity index (χ1n) is 13.0. The number of carbonyl (C=O) groups excluding carboxylic acids is 1. The molecule has 2 heterocycles. The monoisotopic (exact) mass is 523 g/mol. The van der Waals surface area contributed by atoms with E-state index < -0.39 is 11.6 Å². The van der Waals surface area contributed by atoms with Gasteiger partial charge in [-0.25, -0.2) is 4.79 Å². The molecule has 0 aliphatic rings. The summed E-state index contributed by atoms with van der Waals surface area (Å²) in [6.45, 7) is 11.4. The maximum Gasteiger partial charge on any atom is 0.340 e. The molecule has 0 bridgehead atoms. The number of hydrogen-bond donors (Lipinski definition) is 1. The number of carbonyl (C=O) groups is 1. The van der Waals surface area contributed by atoms with E-state index in [0.29, 0.717) is 28.0 Å². The Labute approximate surface area is 227 Å². The zero-order valence-electron chi connectivity index (χ0n) is 23.4. The number of para-hydroxylation sites is 1. The molecular weight excluding hydrogens is 490 g/mol. The number of benzene rings is 3. The molecule has 0 fully saturated rings. The maximum atomic E-state index is 13.3. The van der Waals surface area contributed by atoms with Crippen LogP contribution in [0.5, 0.6) is 0 Å². The van der Waals surface area contributed by atoms with Gasteiger partial charge in [-0.15, -0.1) is 0 Å². The van der Waals surface area contributed by atoms with E-state index in [4.69, 9.17) is 9.15 Å². The molecular formula is C32H33N3O4. The molecule has 5 aromatic rings. The number of esters is 1. The fourth-order valence-electron chi connectivity index (χ4n) is 4.92. The molecule has 1 unspecified atom stereocenters. The largest absolute Gasteiger partial charge is 0.456 e. The van der Waals surface area contributed by atoms with Gasteiger partial charge in [-0.3, -0.25) is 9.48 Å². The number of hydrogen-bond acceptors (Lipinski definition) is 6. The highest BCUT2D eigenvalue weighted by Gasteiger charge is 2.22. The van der Waals surface area contributed by atoms with Crippen molar-refractivity contribution in [3.05, 3.63) is 93.3 Å². The maximum absolute atomic E-state index is 13.3. The van der Waals surface area contributed by atoms with Gasteiger partial charge in [0, 0.05) is 35.3 Å². The lowest BCUT2D eigenvalue weighted by Crippen LogP contribution is -2.24. The zero-order chi connectivity index (χ0) is 28.1. The van der Waals surface area contributed by atoms with Gasteiger partial charge in [0.2, 0.25) is 0 Å². The van der Waals surface area contributed by atoms with E-state index in [1.54, 1.807) is 12.1 Å². The van der Waals surface area contributed by atoms with Crippen LogP contribution in [0, 0.1) is 13.8 Å². The Morgan fingerprint density at radius 1 is 1.03 bits per heavy atom. The van der Waals surface area contributed by atoms with Crippen LogP contribution >= 0.6 is 0 Å². The minimum Gasteiger partial charge on any atom is -0.456 e. The van der Waals surface area contributed by atoms with Crippen molar-refractivity contribution < 1.29 is 13.9 Å². The Morgan fingerprint density at radius 2 is 1.77 bits per heavy atom. The Morgan fingerprint density at radius 3 is 2.51 bits per heavy atom. The summed E-state index contributed by atoms with van der Waals surface area (Å²) < 4.78 is 13.9. The highest BCUT2D eigenvalue weighted by molar-refractivity contribution is 5.96. The molecule has 0 saturated carbocycles. The lowest BCUT2D eigenvalue weighted by molar-refractivity contribution is 0.00706. The molecule has 0 radical (unpaired) electrons. The van der Waals surface area contributed by atoms with E-state index in [-0.39, 0.29) is 11.5 Å². The molecule has 200 valence electrons. The quantitative estimate of drug-likeness (QED) is 0.248. The molecule has 7 heteroatoms. The second kappa shape index (κ2) is 9.73. The molecule has 0 aliphatic carbocycles. The minimum atomic E-state index is -0.611. The third-order valence-corrected chi connectivity index (χ3v) is 6.71. The summed E-state index contributed by atoms with van der Waals surface area (Å²) in [4.78, 5) is 26.2. The van der Waals surface area contributed by atoms with Crippen molar-refractivity contribution in [2.24, 2.45) is 7.05 Å². The smallest absolute Gasteiger partial charge is 0.340 e. The molecule has 0 amide bonds. The molecule has 0 spiro atoms. The number of anilines is 1. The van der Waals surface area contributed by atoms with Gasteiger partial charge in [0.1, 0.15) is 16.9 Å². The number of aromatic nitrogens is 2. The number of ether oxygens (including phenoxy) is 1. The summed E-state index contributed by atoms with van der Waals surface area (Å²) in [5, 5.41) is 9.48. The van der Waals surface area contributed by atoms with E-state index in [1.807, 2.05) is 102 Å². The van der Waals surface area contributed by atoms with Crippen LogP contribution in [0.2, 0.25) is 0 Å². The van der Waals surface area contributed by atoms with Crippen molar-refractivity contribution in [1.29, 1.82) is 0 Å². The van der Waals surface area contributed by atoms with Crippen LogP contribution in [0.3, 0.4) is 0 Å². The second-order valence-corrected chi connectivity index (χ2v) is 11.1. The van der Waals surface area contributed by atoms with E-state index >= 15 is 0 Å². The third-order valence-electron chi connectivity index (χ3n) is 6.71. The van der Waals surface area contributed by atoms with Crippen LogP contribution in [0.4, 0.5) is 5.69 Å². The van der Waals surface area contributed by atoms with Gasteiger partial charge < -0.3 is 14.5 Å². The van der Waals surface area contributed by atoms with Gasteiger partial charge in [0.15, 0.2) is 5.43 Å². The average molecular weight is 524 g/mol. The van der Waals surface area contributed by atoms with E-state index in [2.05, 4.69) is 10.4 Å². The van der Waals surface area contributed by atoms with E-state index in [9.17, 15) is 9.59 Å². The first-order chi connectivity index (χ1) is 18.4. The van der Waals surface area contributed by atoms with Crippen molar-refractivity contribution in [3.8, 4) is 11.3 Å². The second-order valence-electron chi connectivity index (χ2n) is 11.1. The molecule has 2 aromatic heterocycles. The van der Waals surface area contributed by atoms with Gasteiger partial charge in [-0.2, -0.15) is 5.10 Å². The zero-order valence-corrected chi connectivity index (χ0v) is 23.4. The number of aryl methyl sites for hydroxylation is 3. The lowest BCUT2D eigenvalue weighted by atomic mass is 10.00. The Bertz CT molecular complexity index is 1790. The molecule has 1 N–H and O–H groups in total. The summed E-state index contributed by atoms with van der Waals surface area (Å²) in [5.41, 5.74) is 5.37. The van der Waals surface area contributed by atoms with Gasteiger partial charge >= 0.3 is 5.97 Å². The number of nitrogens with zero attached hydrogens (tertiary/aromatic N) is 2. The standard InChI is InChI=1S/C32H33N3O4/c1-18-14-24(19(2)33-26-11-9-8-10-22(26)31(37)39-32(4,5)6)30-25(15-18)28(36)17-29(38-30)21-12-13-27-23(16-21)20(3)34-35(27)7/h8-17,19,33H,1-7H3. The summed E-state index contributed by atoms with van der Waals surface area (Å²) in [6, 6.07) is 18.3. The molecule has 3 aromatic carbocycles. The normalized spacial score (nSPS) is 12.6. The Kier molecular flexibility index (Phi) is 6.54. The first-order valence-corrected chi connectivity index (χ1v) is 13.0. The van der Waals surface area contributed by atoms with Crippen LogP contribution in [0.25, 0.3) is 33.2 Å². The van der Waals surface area contributed by atoms with Gasteiger partial charge in [0.05, 0.1) is 28.2 Å².